The molecule has 2 amide bonds. The molecule has 1 unspecified atom stereocenters. The van der Waals surface area contributed by atoms with E-state index in [0.717, 1.165) is 33.5 Å². The number of nitrogens with zero attached hydrogens (tertiary/aromatic N) is 2. The third-order valence-electron chi connectivity index (χ3n) is 6.07. The smallest absolute Gasteiger partial charge is 0.407 e. The third-order valence-corrected chi connectivity index (χ3v) is 6.07. The van der Waals surface area contributed by atoms with E-state index >= 15 is 0 Å². The van der Waals surface area contributed by atoms with Crippen LogP contribution in [-0.4, -0.2) is 52.7 Å². The molecule has 0 bridgehead atoms. The van der Waals surface area contributed by atoms with Crippen molar-refractivity contribution in [3.8, 4) is 11.1 Å². The minimum Gasteiger partial charge on any atom is -0.481 e. The number of aromatic nitrogens is 1. The number of pyridine rings is 1. The lowest BCUT2D eigenvalue weighted by Gasteiger charge is -2.24. The molecule has 0 spiro atoms. The zero-order valence-corrected chi connectivity index (χ0v) is 19.6. The van der Waals surface area contributed by atoms with Crippen molar-refractivity contribution >= 4 is 18.0 Å². The van der Waals surface area contributed by atoms with Gasteiger partial charge in [-0.2, -0.15) is 0 Å². The number of carbonyl (C=O) groups is 3. The van der Waals surface area contributed by atoms with Crippen LogP contribution in [0.3, 0.4) is 0 Å². The average molecular weight is 474 g/mol. The molecule has 0 radical (unpaired) electrons. The van der Waals surface area contributed by atoms with Crippen molar-refractivity contribution in [3.63, 3.8) is 0 Å². The molecule has 0 aliphatic heterocycles. The molecule has 1 aliphatic rings. The predicted octanol–water partition coefficient (Wildman–Crippen LogP) is 3.73. The summed E-state index contributed by atoms with van der Waals surface area (Å²) in [6.07, 6.45) is 0.259. The Hall–Kier alpha value is -4.20. The first-order chi connectivity index (χ1) is 16.8. The van der Waals surface area contributed by atoms with Crippen LogP contribution in [0.2, 0.25) is 0 Å². The van der Waals surface area contributed by atoms with E-state index in [-0.39, 0.29) is 19.1 Å². The Morgan fingerprint density at radius 2 is 1.69 bits per heavy atom. The maximum Gasteiger partial charge on any atom is 0.407 e. The van der Waals surface area contributed by atoms with Gasteiger partial charge in [0, 0.05) is 31.4 Å². The molecule has 180 valence electrons. The van der Waals surface area contributed by atoms with Gasteiger partial charge >= 0.3 is 12.1 Å². The number of likely N-dealkylation sites (N-methyl/N-ethyl adjacent to an activating group) is 1. The second-order valence-electron chi connectivity index (χ2n) is 8.62. The summed E-state index contributed by atoms with van der Waals surface area (Å²) < 4.78 is 5.49. The Morgan fingerprint density at radius 3 is 2.29 bits per heavy atom. The highest BCUT2D eigenvalue weighted by Crippen LogP contribution is 2.44. The van der Waals surface area contributed by atoms with Crippen LogP contribution in [0, 0.1) is 6.92 Å². The van der Waals surface area contributed by atoms with Gasteiger partial charge in [-0.25, -0.2) is 4.79 Å². The lowest BCUT2D eigenvalue weighted by atomic mass is 9.98. The molecule has 4 rings (SSSR count). The van der Waals surface area contributed by atoms with Gasteiger partial charge in [-0.15, -0.1) is 0 Å². The first kappa shape index (κ1) is 23.9. The molecule has 8 nitrogen and oxygen atoms in total. The van der Waals surface area contributed by atoms with E-state index in [1.165, 1.54) is 4.90 Å². The highest BCUT2D eigenvalue weighted by Gasteiger charge is 2.31. The van der Waals surface area contributed by atoms with Crippen LogP contribution >= 0.6 is 0 Å². The van der Waals surface area contributed by atoms with Crippen molar-refractivity contribution in [2.45, 2.75) is 31.8 Å². The Balaban J connectivity index is 1.42. The molecule has 1 aliphatic carbocycles. The molecule has 8 heteroatoms. The third kappa shape index (κ3) is 5.48. The van der Waals surface area contributed by atoms with Gasteiger partial charge in [0.1, 0.15) is 12.6 Å². The van der Waals surface area contributed by atoms with Crippen LogP contribution in [0.25, 0.3) is 11.1 Å². The summed E-state index contributed by atoms with van der Waals surface area (Å²) in [7, 11) is 1.56. The standard InChI is InChI=1S/C27H27N3O5/c1-17-13-18(11-12-28-17)15-30(2)26(33)24(14-25(31)32)29-27(34)35-16-23-21-9-5-3-7-19(21)20-8-4-6-10-22(20)23/h3-13,23-24H,14-16H2,1-2H3,(H,29,34)(H,31,32). The monoisotopic (exact) mass is 473 g/mol. The fourth-order valence-corrected chi connectivity index (χ4v) is 4.48. The summed E-state index contributed by atoms with van der Waals surface area (Å²) >= 11 is 0. The number of ether oxygens (including phenoxy) is 1. The number of nitrogens with one attached hydrogen (secondary N) is 1. The van der Waals surface area contributed by atoms with Crippen LogP contribution in [-0.2, 0) is 20.9 Å². The fourth-order valence-electron chi connectivity index (χ4n) is 4.48. The predicted molar refractivity (Wildman–Crippen MR) is 130 cm³/mol. The minimum atomic E-state index is -1.25. The topological polar surface area (TPSA) is 109 Å². The fraction of sp³-hybridized carbons (Fsp3) is 0.259. The molecule has 1 aromatic heterocycles. The van der Waals surface area contributed by atoms with Crippen LogP contribution in [0.15, 0.2) is 66.9 Å². The molecule has 35 heavy (non-hydrogen) atoms. The van der Waals surface area contributed by atoms with Crippen LogP contribution in [0.5, 0.6) is 0 Å². The zero-order chi connectivity index (χ0) is 24.9. The van der Waals surface area contributed by atoms with Crippen LogP contribution in [0.4, 0.5) is 4.79 Å². The van der Waals surface area contributed by atoms with Gasteiger partial charge in [-0.1, -0.05) is 48.5 Å². The number of hydrogen-bond donors (Lipinski definition) is 2. The summed E-state index contributed by atoms with van der Waals surface area (Å²) in [5.41, 5.74) is 5.98. The molecule has 2 N–H and O–H groups in total. The summed E-state index contributed by atoms with van der Waals surface area (Å²) in [4.78, 5) is 42.5. The maximum atomic E-state index is 13.0. The highest BCUT2D eigenvalue weighted by molar-refractivity contribution is 5.89. The minimum absolute atomic E-state index is 0.0694. The van der Waals surface area contributed by atoms with Gasteiger partial charge < -0.3 is 20.1 Å². The number of hydrogen-bond acceptors (Lipinski definition) is 5. The normalized spacial score (nSPS) is 12.9. The molecule has 2 aromatic carbocycles. The van der Waals surface area contributed by atoms with Crippen molar-refractivity contribution in [3.05, 3.63) is 89.2 Å². The van der Waals surface area contributed by atoms with E-state index in [1.54, 1.807) is 19.3 Å². The van der Waals surface area contributed by atoms with Crippen molar-refractivity contribution < 1.29 is 24.2 Å². The molecular weight excluding hydrogens is 446 g/mol. The van der Waals surface area contributed by atoms with Gasteiger partial charge in [-0.3, -0.25) is 14.6 Å². The van der Waals surface area contributed by atoms with Gasteiger partial charge in [0.2, 0.25) is 5.91 Å². The van der Waals surface area contributed by atoms with E-state index in [2.05, 4.69) is 10.3 Å². The van der Waals surface area contributed by atoms with E-state index in [0.29, 0.717) is 0 Å². The number of aryl methyl sites for hydroxylation is 1. The van der Waals surface area contributed by atoms with E-state index in [4.69, 9.17) is 4.74 Å². The molecule has 0 fully saturated rings. The maximum absolute atomic E-state index is 13.0. The van der Waals surface area contributed by atoms with E-state index < -0.39 is 30.4 Å². The van der Waals surface area contributed by atoms with E-state index in [9.17, 15) is 19.5 Å². The number of rotatable bonds is 8. The van der Waals surface area contributed by atoms with Crippen molar-refractivity contribution in [2.75, 3.05) is 13.7 Å². The Bertz CT molecular complexity index is 1210. The average Bonchev–Trinajstić information content (AvgIpc) is 3.15. The van der Waals surface area contributed by atoms with Crippen molar-refractivity contribution in [1.82, 2.24) is 15.2 Å². The van der Waals surface area contributed by atoms with Gasteiger partial charge in [-0.05, 0) is 46.9 Å². The Kier molecular flexibility index (Phi) is 7.10. The van der Waals surface area contributed by atoms with Gasteiger partial charge in [0.15, 0.2) is 0 Å². The largest absolute Gasteiger partial charge is 0.481 e. The van der Waals surface area contributed by atoms with Gasteiger partial charge in [0.25, 0.3) is 0 Å². The molecule has 3 aromatic rings. The summed E-state index contributed by atoms with van der Waals surface area (Å²) in [6.45, 7) is 2.17. The molecule has 1 atom stereocenters. The molecule has 1 heterocycles. The summed E-state index contributed by atoms with van der Waals surface area (Å²) in [5.74, 6) is -1.86. The summed E-state index contributed by atoms with van der Waals surface area (Å²) in [5, 5.41) is 11.8. The number of amides is 2. The van der Waals surface area contributed by atoms with E-state index in [1.807, 2.05) is 61.5 Å². The number of fused-ring (bicyclic) bond motifs is 3. The van der Waals surface area contributed by atoms with Crippen LogP contribution < -0.4 is 5.32 Å². The lowest BCUT2D eigenvalue weighted by molar-refractivity contribution is -0.142. The Labute approximate surface area is 203 Å². The first-order valence-electron chi connectivity index (χ1n) is 11.3. The second kappa shape index (κ2) is 10.4. The number of carboxylic acid groups (broad SMARTS) is 1. The number of alkyl carbamates (subject to hydrolysis) is 1. The Morgan fingerprint density at radius 1 is 1.06 bits per heavy atom. The summed E-state index contributed by atoms with van der Waals surface area (Å²) in [6, 6.07) is 18.3. The van der Waals surface area contributed by atoms with Crippen LogP contribution in [0.1, 0.15) is 34.7 Å². The number of carbonyl (C=O) groups excluding carboxylic acids is 2. The molecule has 0 saturated carbocycles. The number of aliphatic carboxylic acids is 1. The van der Waals surface area contributed by atoms with Crippen molar-refractivity contribution in [2.24, 2.45) is 0 Å². The quantitative estimate of drug-likeness (QED) is 0.516. The molecule has 0 saturated heterocycles. The lowest BCUT2D eigenvalue weighted by Crippen LogP contribution is -2.48. The second-order valence-corrected chi connectivity index (χ2v) is 8.62. The molecular formula is C27H27N3O5. The first-order valence-corrected chi connectivity index (χ1v) is 11.3. The highest BCUT2D eigenvalue weighted by atomic mass is 16.5. The van der Waals surface area contributed by atoms with Gasteiger partial charge in [0.05, 0.1) is 6.42 Å². The number of carboxylic acids is 1. The van der Waals surface area contributed by atoms with Crippen molar-refractivity contribution in [1.29, 1.82) is 0 Å². The SMILES string of the molecule is Cc1cc(CN(C)C(=O)C(CC(=O)O)NC(=O)OCC2c3ccccc3-c3ccccc32)ccn1. The number of benzene rings is 2. The zero-order valence-electron chi connectivity index (χ0n) is 19.6.